The molecule has 1 unspecified atom stereocenters. The van der Waals surface area contributed by atoms with E-state index in [0.717, 1.165) is 0 Å². The number of aryl methyl sites for hydroxylation is 1. The first-order valence-electron chi connectivity index (χ1n) is 6.72. The maximum Gasteiger partial charge on any atom is 0.163 e. The molecule has 20 heavy (non-hydrogen) atoms. The zero-order valence-electron chi connectivity index (χ0n) is 12.0. The van der Waals surface area contributed by atoms with Gasteiger partial charge in [-0.15, -0.1) is 0 Å². The van der Waals surface area contributed by atoms with Gasteiger partial charge in [-0.05, 0) is 19.9 Å². The molecular formula is C15H20N2O3. The van der Waals surface area contributed by atoms with E-state index in [2.05, 4.69) is 5.10 Å². The van der Waals surface area contributed by atoms with Gasteiger partial charge in [0.25, 0.3) is 0 Å². The second-order valence-corrected chi connectivity index (χ2v) is 4.29. The highest BCUT2D eigenvalue weighted by Gasteiger charge is 2.23. The number of benzene rings is 1. The minimum atomic E-state index is -0.838. The Bertz CT molecular complexity index is 544. The van der Waals surface area contributed by atoms with Gasteiger partial charge in [0.1, 0.15) is 17.5 Å². The molecule has 0 bridgehead atoms. The number of aromatic nitrogens is 2. The lowest BCUT2D eigenvalue weighted by atomic mass is 10.0. The summed E-state index contributed by atoms with van der Waals surface area (Å²) in [7, 11) is 1.57. The molecule has 0 aliphatic rings. The molecule has 1 aromatic heterocycles. The molecule has 0 saturated carbocycles. The van der Waals surface area contributed by atoms with Crippen LogP contribution < -0.4 is 9.47 Å². The second-order valence-electron chi connectivity index (χ2n) is 4.29. The van der Waals surface area contributed by atoms with Crippen LogP contribution in [0.1, 0.15) is 31.2 Å². The first-order chi connectivity index (χ1) is 9.72. The topological polar surface area (TPSA) is 56.5 Å². The molecule has 0 fully saturated rings. The number of nitrogens with zero attached hydrogens (tertiary/aromatic N) is 2. The molecule has 0 amide bonds. The maximum absolute atomic E-state index is 10.7. The summed E-state index contributed by atoms with van der Waals surface area (Å²) in [4.78, 5) is 0. The monoisotopic (exact) mass is 276 g/mol. The van der Waals surface area contributed by atoms with Crippen molar-refractivity contribution in [3.05, 3.63) is 41.7 Å². The van der Waals surface area contributed by atoms with Crippen LogP contribution in [0.4, 0.5) is 0 Å². The van der Waals surface area contributed by atoms with Crippen LogP contribution in [-0.2, 0) is 6.54 Å². The smallest absolute Gasteiger partial charge is 0.163 e. The van der Waals surface area contributed by atoms with Gasteiger partial charge in [-0.1, -0.05) is 18.2 Å². The normalized spacial score (nSPS) is 12.2. The average Bonchev–Trinajstić information content (AvgIpc) is 2.90. The predicted octanol–water partition coefficient (Wildman–Crippen LogP) is 2.39. The third kappa shape index (κ3) is 2.63. The number of ether oxygens (including phenoxy) is 2. The van der Waals surface area contributed by atoms with Crippen LogP contribution in [0.15, 0.2) is 30.5 Å². The van der Waals surface area contributed by atoms with Gasteiger partial charge in [-0.25, -0.2) is 0 Å². The molecule has 2 aromatic rings. The van der Waals surface area contributed by atoms with Crippen LogP contribution in [-0.4, -0.2) is 28.6 Å². The van der Waals surface area contributed by atoms with Crippen LogP contribution in [0.2, 0.25) is 0 Å². The lowest BCUT2D eigenvalue weighted by Crippen LogP contribution is -2.11. The van der Waals surface area contributed by atoms with Crippen molar-refractivity contribution in [2.75, 3.05) is 13.7 Å². The number of hydrogen-bond acceptors (Lipinski definition) is 4. The van der Waals surface area contributed by atoms with Crippen molar-refractivity contribution in [2.45, 2.75) is 26.5 Å². The molecule has 0 aliphatic carbocycles. The largest absolute Gasteiger partial charge is 0.493 e. The number of aliphatic hydroxyl groups is 1. The van der Waals surface area contributed by atoms with E-state index in [1.807, 2.05) is 38.1 Å². The van der Waals surface area contributed by atoms with Gasteiger partial charge in [-0.3, -0.25) is 4.68 Å². The van der Waals surface area contributed by atoms with E-state index in [-0.39, 0.29) is 0 Å². The Morgan fingerprint density at radius 2 is 2.00 bits per heavy atom. The molecule has 2 rings (SSSR count). The van der Waals surface area contributed by atoms with E-state index >= 15 is 0 Å². The van der Waals surface area contributed by atoms with Crippen molar-refractivity contribution in [1.82, 2.24) is 9.78 Å². The Kier molecular flexibility index (Phi) is 4.63. The van der Waals surface area contributed by atoms with Crippen LogP contribution in [0.3, 0.4) is 0 Å². The van der Waals surface area contributed by atoms with Crippen molar-refractivity contribution in [3.63, 3.8) is 0 Å². The van der Waals surface area contributed by atoms with Gasteiger partial charge in [0, 0.05) is 12.1 Å². The van der Waals surface area contributed by atoms with Crippen molar-refractivity contribution in [2.24, 2.45) is 0 Å². The number of methoxy groups -OCH3 is 1. The minimum Gasteiger partial charge on any atom is -0.493 e. The van der Waals surface area contributed by atoms with E-state index in [1.165, 1.54) is 0 Å². The highest BCUT2D eigenvalue weighted by atomic mass is 16.5. The summed E-state index contributed by atoms with van der Waals surface area (Å²) in [6.07, 6.45) is 0.779. The Morgan fingerprint density at radius 3 is 2.65 bits per heavy atom. The van der Waals surface area contributed by atoms with Gasteiger partial charge in [0.15, 0.2) is 5.75 Å². The summed E-state index contributed by atoms with van der Waals surface area (Å²) in [6.45, 7) is 5.09. The fraction of sp³-hybridized carbons (Fsp3) is 0.400. The summed E-state index contributed by atoms with van der Waals surface area (Å²) in [5, 5.41) is 14.9. The number of rotatable bonds is 6. The van der Waals surface area contributed by atoms with Crippen LogP contribution in [0.25, 0.3) is 0 Å². The average molecular weight is 276 g/mol. The third-order valence-corrected chi connectivity index (χ3v) is 3.14. The molecule has 0 aliphatic heterocycles. The summed E-state index contributed by atoms with van der Waals surface area (Å²) in [5.74, 6) is 1.25. The zero-order valence-corrected chi connectivity index (χ0v) is 12.0. The van der Waals surface area contributed by atoms with E-state index in [0.29, 0.717) is 35.9 Å². The summed E-state index contributed by atoms with van der Waals surface area (Å²) < 4.78 is 12.6. The molecule has 5 nitrogen and oxygen atoms in total. The molecule has 1 atom stereocenters. The van der Waals surface area contributed by atoms with Crippen LogP contribution in [0.5, 0.6) is 11.5 Å². The summed E-state index contributed by atoms with van der Waals surface area (Å²) in [5.41, 5.74) is 1.35. The molecule has 108 valence electrons. The van der Waals surface area contributed by atoms with Crippen LogP contribution in [0, 0.1) is 0 Å². The second kappa shape index (κ2) is 6.43. The quantitative estimate of drug-likeness (QED) is 0.880. The van der Waals surface area contributed by atoms with E-state index in [4.69, 9.17) is 9.47 Å². The Hall–Kier alpha value is -2.01. The Labute approximate surface area is 118 Å². The third-order valence-electron chi connectivity index (χ3n) is 3.14. The standard InChI is InChI=1S/C15H20N2O3/c1-4-17-14(13(19-3)10-16-17)15(18)11-8-6-7-9-12(11)20-5-2/h6-10,15,18H,4-5H2,1-3H3. The van der Waals surface area contributed by atoms with Gasteiger partial charge in [0.2, 0.25) is 0 Å². The first kappa shape index (κ1) is 14.4. The minimum absolute atomic E-state index is 0.550. The maximum atomic E-state index is 10.7. The molecule has 1 aromatic carbocycles. The van der Waals surface area contributed by atoms with E-state index in [1.54, 1.807) is 18.0 Å². The fourth-order valence-electron chi connectivity index (χ4n) is 2.20. The molecule has 0 spiro atoms. The SMILES string of the molecule is CCOc1ccccc1C(O)c1c(OC)cnn1CC. The molecule has 1 N–H and O–H groups in total. The summed E-state index contributed by atoms with van der Waals surface area (Å²) >= 11 is 0. The molecule has 0 saturated heterocycles. The van der Waals surface area contributed by atoms with Gasteiger partial charge >= 0.3 is 0 Å². The van der Waals surface area contributed by atoms with Crippen molar-refractivity contribution in [3.8, 4) is 11.5 Å². The summed E-state index contributed by atoms with van der Waals surface area (Å²) in [6, 6.07) is 7.46. The van der Waals surface area contributed by atoms with E-state index in [9.17, 15) is 5.11 Å². The highest BCUT2D eigenvalue weighted by molar-refractivity contribution is 5.42. The fourth-order valence-corrected chi connectivity index (χ4v) is 2.20. The molecular weight excluding hydrogens is 256 g/mol. The highest BCUT2D eigenvalue weighted by Crippen LogP contribution is 2.34. The molecule has 5 heteroatoms. The van der Waals surface area contributed by atoms with Gasteiger partial charge in [0.05, 0.1) is 19.9 Å². The number of hydrogen-bond donors (Lipinski definition) is 1. The molecule has 1 heterocycles. The first-order valence-corrected chi connectivity index (χ1v) is 6.72. The van der Waals surface area contributed by atoms with Crippen molar-refractivity contribution in [1.29, 1.82) is 0 Å². The Balaban J connectivity index is 2.45. The number of para-hydroxylation sites is 1. The zero-order chi connectivity index (χ0) is 14.5. The lowest BCUT2D eigenvalue weighted by Gasteiger charge is -2.17. The van der Waals surface area contributed by atoms with Crippen LogP contribution >= 0.6 is 0 Å². The predicted molar refractivity (Wildman–Crippen MR) is 76.1 cm³/mol. The van der Waals surface area contributed by atoms with Gasteiger partial charge in [-0.2, -0.15) is 5.10 Å². The Morgan fingerprint density at radius 1 is 1.25 bits per heavy atom. The lowest BCUT2D eigenvalue weighted by molar-refractivity contribution is 0.195. The van der Waals surface area contributed by atoms with E-state index < -0.39 is 6.10 Å². The van der Waals surface area contributed by atoms with Crippen molar-refractivity contribution < 1.29 is 14.6 Å². The van der Waals surface area contributed by atoms with Gasteiger partial charge < -0.3 is 14.6 Å². The van der Waals surface area contributed by atoms with Crippen molar-refractivity contribution >= 4 is 0 Å². The molecule has 0 radical (unpaired) electrons. The number of aliphatic hydroxyl groups excluding tert-OH is 1.